The largest absolute Gasteiger partial charge is 0.372 e. The molecule has 2 aliphatic rings. The minimum atomic E-state index is 0.279. The summed E-state index contributed by atoms with van der Waals surface area (Å²) in [7, 11) is 0. The van der Waals surface area contributed by atoms with E-state index < -0.39 is 0 Å². The van der Waals surface area contributed by atoms with Crippen LogP contribution < -0.4 is 0 Å². The molecule has 6 nitrogen and oxygen atoms in total. The van der Waals surface area contributed by atoms with Gasteiger partial charge < -0.3 is 18.9 Å². The average molecular weight is 308 g/mol. The predicted molar refractivity (Wildman–Crippen MR) is 79.6 cm³/mol. The molecule has 2 atom stereocenters. The molecule has 1 aromatic rings. The molecule has 2 unspecified atom stereocenters. The van der Waals surface area contributed by atoms with Crippen LogP contribution in [0.4, 0.5) is 0 Å². The average Bonchev–Trinajstić information content (AvgIpc) is 3.42. The van der Waals surface area contributed by atoms with E-state index in [2.05, 4.69) is 13.8 Å². The molecule has 22 heavy (non-hydrogen) atoms. The highest BCUT2D eigenvalue weighted by atomic mass is 16.6. The zero-order chi connectivity index (χ0) is 15.4. The summed E-state index contributed by atoms with van der Waals surface area (Å²) in [4.78, 5) is 9.51. The molecule has 0 aliphatic carbocycles. The van der Waals surface area contributed by atoms with Crippen LogP contribution in [0.1, 0.15) is 36.6 Å². The molecule has 0 saturated carbocycles. The fourth-order valence-corrected chi connectivity index (χ4v) is 2.28. The second-order valence-electron chi connectivity index (χ2n) is 5.66. The molecule has 1 aromatic heterocycles. The third-order valence-electron chi connectivity index (χ3n) is 3.77. The van der Waals surface area contributed by atoms with Gasteiger partial charge in [-0.15, -0.1) is 0 Å². The smallest absolute Gasteiger partial charge is 0.104 e. The zero-order valence-corrected chi connectivity index (χ0v) is 13.3. The summed E-state index contributed by atoms with van der Waals surface area (Å²) in [5.74, 6) is 0. The first-order chi connectivity index (χ1) is 10.8. The van der Waals surface area contributed by atoms with Crippen molar-refractivity contribution in [1.82, 2.24) is 9.97 Å². The van der Waals surface area contributed by atoms with E-state index in [9.17, 15) is 0 Å². The van der Waals surface area contributed by atoms with E-state index in [1.165, 1.54) is 0 Å². The van der Waals surface area contributed by atoms with Crippen LogP contribution in [0.2, 0.25) is 0 Å². The van der Waals surface area contributed by atoms with Crippen LogP contribution in [0.15, 0.2) is 0 Å². The van der Waals surface area contributed by atoms with E-state index >= 15 is 0 Å². The quantitative estimate of drug-likeness (QED) is 0.609. The third-order valence-corrected chi connectivity index (χ3v) is 3.77. The van der Waals surface area contributed by atoms with Gasteiger partial charge >= 0.3 is 0 Å². The second kappa shape index (κ2) is 7.46. The highest BCUT2D eigenvalue weighted by Gasteiger charge is 2.24. The van der Waals surface area contributed by atoms with E-state index in [0.29, 0.717) is 26.4 Å². The SMILES string of the molecule is CCc1nc(COCC2CO2)c(CC)nc1COCC1CO1. The molecule has 0 N–H and O–H groups in total. The maximum Gasteiger partial charge on any atom is 0.104 e. The number of hydrogen-bond acceptors (Lipinski definition) is 6. The first kappa shape index (κ1) is 15.8. The summed E-state index contributed by atoms with van der Waals surface area (Å²) >= 11 is 0. The van der Waals surface area contributed by atoms with Crippen LogP contribution in [0.3, 0.4) is 0 Å². The van der Waals surface area contributed by atoms with E-state index in [1.54, 1.807) is 0 Å². The van der Waals surface area contributed by atoms with Crippen LogP contribution in [0.5, 0.6) is 0 Å². The summed E-state index contributed by atoms with van der Waals surface area (Å²) in [6.45, 7) is 8.08. The summed E-state index contributed by atoms with van der Waals surface area (Å²) in [6.07, 6.45) is 2.24. The van der Waals surface area contributed by atoms with E-state index in [4.69, 9.17) is 28.9 Å². The molecule has 0 spiro atoms. The first-order valence-corrected chi connectivity index (χ1v) is 8.06. The van der Waals surface area contributed by atoms with Gasteiger partial charge in [-0.1, -0.05) is 13.8 Å². The summed E-state index contributed by atoms with van der Waals surface area (Å²) in [6, 6.07) is 0. The predicted octanol–water partition coefficient (Wildman–Crippen LogP) is 1.43. The van der Waals surface area contributed by atoms with Crippen molar-refractivity contribution in [1.29, 1.82) is 0 Å². The Bertz CT molecular complexity index is 455. The van der Waals surface area contributed by atoms with Crippen LogP contribution in [0, 0.1) is 0 Å². The fraction of sp³-hybridized carbons (Fsp3) is 0.750. The summed E-state index contributed by atoms with van der Waals surface area (Å²) in [5, 5.41) is 0. The maximum absolute atomic E-state index is 5.67. The molecule has 3 heterocycles. The molecule has 2 fully saturated rings. The van der Waals surface area contributed by atoms with Gasteiger partial charge in [-0.3, -0.25) is 9.97 Å². The molecule has 0 bridgehead atoms. The lowest BCUT2D eigenvalue weighted by Crippen LogP contribution is -2.13. The van der Waals surface area contributed by atoms with Gasteiger partial charge in [-0.2, -0.15) is 0 Å². The Morgan fingerprint density at radius 3 is 1.55 bits per heavy atom. The Balaban J connectivity index is 1.62. The van der Waals surface area contributed by atoms with E-state index in [1.807, 2.05) is 0 Å². The number of rotatable bonds is 10. The lowest BCUT2D eigenvalue weighted by atomic mass is 10.2. The molecule has 0 radical (unpaired) electrons. The van der Waals surface area contributed by atoms with Gasteiger partial charge in [0.2, 0.25) is 0 Å². The fourth-order valence-electron chi connectivity index (χ4n) is 2.28. The lowest BCUT2D eigenvalue weighted by Gasteiger charge is -2.13. The van der Waals surface area contributed by atoms with Gasteiger partial charge in [0.25, 0.3) is 0 Å². The number of nitrogens with zero attached hydrogens (tertiary/aromatic N) is 2. The van der Waals surface area contributed by atoms with Crippen LogP contribution in [-0.4, -0.2) is 48.6 Å². The van der Waals surface area contributed by atoms with Crippen molar-refractivity contribution in [3.63, 3.8) is 0 Å². The highest BCUT2D eigenvalue weighted by Crippen LogP contribution is 2.16. The van der Waals surface area contributed by atoms with E-state index in [0.717, 1.165) is 48.8 Å². The number of hydrogen-bond donors (Lipinski definition) is 0. The van der Waals surface area contributed by atoms with Gasteiger partial charge in [0, 0.05) is 0 Å². The Kier molecular flexibility index (Phi) is 5.36. The van der Waals surface area contributed by atoms with Crippen molar-refractivity contribution in [2.24, 2.45) is 0 Å². The normalized spacial score (nSPS) is 22.8. The lowest BCUT2D eigenvalue weighted by molar-refractivity contribution is 0.0971. The van der Waals surface area contributed by atoms with Gasteiger partial charge in [-0.25, -0.2) is 0 Å². The van der Waals surface area contributed by atoms with Crippen molar-refractivity contribution in [2.45, 2.75) is 52.1 Å². The highest BCUT2D eigenvalue weighted by molar-refractivity contribution is 5.20. The second-order valence-corrected chi connectivity index (χ2v) is 5.66. The molecule has 0 aromatic carbocycles. The molecule has 122 valence electrons. The molecule has 6 heteroatoms. The number of ether oxygens (including phenoxy) is 4. The molecular weight excluding hydrogens is 284 g/mol. The Hall–Kier alpha value is -1.08. The van der Waals surface area contributed by atoms with Crippen LogP contribution >= 0.6 is 0 Å². The first-order valence-electron chi connectivity index (χ1n) is 8.06. The molecule has 2 aliphatic heterocycles. The van der Waals surface area contributed by atoms with Gasteiger partial charge in [-0.05, 0) is 12.8 Å². The monoisotopic (exact) mass is 308 g/mol. The van der Waals surface area contributed by atoms with Crippen LogP contribution in [0.25, 0.3) is 0 Å². The summed E-state index contributed by atoms with van der Waals surface area (Å²) in [5.41, 5.74) is 3.87. The molecule has 2 saturated heterocycles. The van der Waals surface area contributed by atoms with Crippen molar-refractivity contribution in [2.75, 3.05) is 26.4 Å². The van der Waals surface area contributed by atoms with Crippen LogP contribution in [-0.2, 0) is 45.0 Å². The van der Waals surface area contributed by atoms with Gasteiger partial charge in [0.05, 0.1) is 62.4 Å². The molecule has 3 rings (SSSR count). The van der Waals surface area contributed by atoms with Gasteiger partial charge in [0.15, 0.2) is 0 Å². The Morgan fingerprint density at radius 2 is 1.23 bits per heavy atom. The van der Waals surface area contributed by atoms with Crippen molar-refractivity contribution in [3.05, 3.63) is 22.8 Å². The zero-order valence-electron chi connectivity index (χ0n) is 13.3. The summed E-state index contributed by atoms with van der Waals surface area (Å²) < 4.78 is 21.6. The topological polar surface area (TPSA) is 69.3 Å². The maximum atomic E-state index is 5.67. The van der Waals surface area contributed by atoms with Crippen molar-refractivity contribution < 1.29 is 18.9 Å². The number of aryl methyl sites for hydroxylation is 2. The Morgan fingerprint density at radius 1 is 0.818 bits per heavy atom. The van der Waals surface area contributed by atoms with Crippen molar-refractivity contribution >= 4 is 0 Å². The third kappa shape index (κ3) is 4.46. The van der Waals surface area contributed by atoms with E-state index in [-0.39, 0.29) is 12.2 Å². The molecule has 0 amide bonds. The minimum Gasteiger partial charge on any atom is -0.372 e. The number of epoxide rings is 2. The molecular formula is C16H24N2O4. The minimum absolute atomic E-state index is 0.279. The Labute approximate surface area is 131 Å². The standard InChI is InChI=1S/C16H24N2O4/c1-3-13-15(9-19-5-11-7-21-11)18-14(4-2)16(17-13)10-20-6-12-8-22-12/h11-12H,3-10H2,1-2H3. The van der Waals surface area contributed by atoms with Crippen molar-refractivity contribution in [3.8, 4) is 0 Å². The number of aromatic nitrogens is 2. The van der Waals surface area contributed by atoms with Gasteiger partial charge in [0.1, 0.15) is 12.2 Å².